The number of nitrogen functional groups attached to an aromatic ring is 1. The maximum atomic E-state index is 12.1. The Morgan fingerprint density at radius 3 is 2.89 bits per heavy atom. The fourth-order valence-corrected chi connectivity index (χ4v) is 1.72. The van der Waals surface area contributed by atoms with E-state index in [0.29, 0.717) is 17.1 Å². The molecule has 2 heterocycles. The molecule has 0 saturated heterocycles. The smallest absolute Gasteiger partial charge is 0.259 e. The van der Waals surface area contributed by atoms with Crippen molar-refractivity contribution in [1.82, 2.24) is 9.97 Å². The molecule has 0 atom stereocenters. The SMILES string of the molecule is Cc1cc(NC(=O)c2ccncc2NN)ncc1Br. The molecule has 7 heteroatoms. The van der Waals surface area contributed by atoms with Crippen LogP contribution in [0.15, 0.2) is 35.2 Å². The van der Waals surface area contributed by atoms with Gasteiger partial charge in [0, 0.05) is 16.9 Å². The number of pyridine rings is 2. The number of hydrazine groups is 1. The van der Waals surface area contributed by atoms with Crippen molar-refractivity contribution < 1.29 is 4.79 Å². The molecule has 0 aliphatic rings. The molecule has 0 spiro atoms. The quantitative estimate of drug-likeness (QED) is 0.594. The van der Waals surface area contributed by atoms with E-state index in [9.17, 15) is 4.79 Å². The third kappa shape index (κ3) is 3.07. The Bertz CT molecular complexity index is 617. The van der Waals surface area contributed by atoms with Gasteiger partial charge in [-0.1, -0.05) is 0 Å². The summed E-state index contributed by atoms with van der Waals surface area (Å²) in [7, 11) is 0. The number of amides is 1. The predicted molar refractivity (Wildman–Crippen MR) is 76.7 cm³/mol. The zero-order valence-electron chi connectivity index (χ0n) is 10.1. The van der Waals surface area contributed by atoms with Gasteiger partial charge in [0.25, 0.3) is 5.91 Å². The van der Waals surface area contributed by atoms with E-state index in [1.54, 1.807) is 18.3 Å². The first-order chi connectivity index (χ1) is 9.11. The Morgan fingerprint density at radius 2 is 2.21 bits per heavy atom. The molecule has 2 aromatic rings. The van der Waals surface area contributed by atoms with Crippen LogP contribution >= 0.6 is 15.9 Å². The molecule has 0 aliphatic carbocycles. The number of hydrogen-bond donors (Lipinski definition) is 3. The average Bonchev–Trinajstić information content (AvgIpc) is 2.43. The van der Waals surface area contributed by atoms with Crippen molar-refractivity contribution in [2.24, 2.45) is 5.84 Å². The molecule has 2 aromatic heterocycles. The maximum Gasteiger partial charge on any atom is 0.259 e. The Hall–Kier alpha value is -1.99. The molecule has 98 valence electrons. The van der Waals surface area contributed by atoms with Crippen molar-refractivity contribution in [1.29, 1.82) is 0 Å². The van der Waals surface area contributed by atoms with Gasteiger partial charge in [-0.2, -0.15) is 0 Å². The minimum Gasteiger partial charge on any atom is -0.322 e. The first-order valence-corrected chi connectivity index (χ1v) is 6.25. The van der Waals surface area contributed by atoms with Crippen LogP contribution in [0.2, 0.25) is 0 Å². The Morgan fingerprint density at radius 1 is 1.42 bits per heavy atom. The van der Waals surface area contributed by atoms with E-state index in [1.165, 1.54) is 12.4 Å². The third-order valence-electron chi connectivity index (χ3n) is 2.51. The van der Waals surface area contributed by atoms with E-state index in [1.807, 2.05) is 6.92 Å². The molecule has 19 heavy (non-hydrogen) atoms. The van der Waals surface area contributed by atoms with Crippen LogP contribution in [0.1, 0.15) is 15.9 Å². The van der Waals surface area contributed by atoms with Gasteiger partial charge in [-0.05, 0) is 40.5 Å². The van der Waals surface area contributed by atoms with Gasteiger partial charge in [0.05, 0.1) is 17.4 Å². The molecule has 0 saturated carbocycles. The normalized spacial score (nSPS) is 10.1. The van der Waals surface area contributed by atoms with Crippen molar-refractivity contribution in [3.8, 4) is 0 Å². The predicted octanol–water partition coefficient (Wildman–Crippen LogP) is 2.09. The molecular formula is C12H12BrN5O. The fourth-order valence-electron chi connectivity index (χ4n) is 1.50. The monoisotopic (exact) mass is 321 g/mol. The van der Waals surface area contributed by atoms with E-state index < -0.39 is 0 Å². The lowest BCUT2D eigenvalue weighted by Gasteiger charge is -2.09. The highest BCUT2D eigenvalue weighted by Gasteiger charge is 2.11. The number of anilines is 2. The van der Waals surface area contributed by atoms with Gasteiger partial charge < -0.3 is 10.7 Å². The van der Waals surface area contributed by atoms with E-state index in [2.05, 4.69) is 36.6 Å². The van der Waals surface area contributed by atoms with Gasteiger partial charge in [0.2, 0.25) is 0 Å². The van der Waals surface area contributed by atoms with E-state index in [0.717, 1.165) is 10.0 Å². The lowest BCUT2D eigenvalue weighted by atomic mass is 10.2. The second kappa shape index (κ2) is 5.77. The second-order valence-corrected chi connectivity index (χ2v) is 4.69. The first kappa shape index (κ1) is 13.4. The van der Waals surface area contributed by atoms with Crippen molar-refractivity contribution in [3.05, 3.63) is 46.3 Å². The molecule has 0 aliphatic heterocycles. The maximum absolute atomic E-state index is 12.1. The largest absolute Gasteiger partial charge is 0.322 e. The van der Waals surface area contributed by atoms with E-state index in [4.69, 9.17) is 5.84 Å². The minimum atomic E-state index is -0.301. The summed E-state index contributed by atoms with van der Waals surface area (Å²) in [5.74, 6) is 5.51. The molecule has 0 aromatic carbocycles. The van der Waals surface area contributed by atoms with Crippen molar-refractivity contribution in [2.75, 3.05) is 10.7 Å². The average molecular weight is 322 g/mol. The van der Waals surface area contributed by atoms with Gasteiger partial charge in [0.1, 0.15) is 5.82 Å². The van der Waals surface area contributed by atoms with Crippen LogP contribution in [0, 0.1) is 6.92 Å². The first-order valence-electron chi connectivity index (χ1n) is 5.46. The summed E-state index contributed by atoms with van der Waals surface area (Å²) in [5, 5.41) is 2.71. The highest BCUT2D eigenvalue weighted by Crippen LogP contribution is 2.19. The number of rotatable bonds is 3. The summed E-state index contributed by atoms with van der Waals surface area (Å²) < 4.78 is 0.888. The summed E-state index contributed by atoms with van der Waals surface area (Å²) in [6, 6.07) is 3.36. The van der Waals surface area contributed by atoms with Gasteiger partial charge >= 0.3 is 0 Å². The van der Waals surface area contributed by atoms with Crippen LogP contribution < -0.4 is 16.6 Å². The summed E-state index contributed by atoms with van der Waals surface area (Å²) in [5.41, 5.74) is 4.27. The molecule has 1 amide bonds. The summed E-state index contributed by atoms with van der Waals surface area (Å²) >= 11 is 3.35. The number of hydrogen-bond acceptors (Lipinski definition) is 5. The third-order valence-corrected chi connectivity index (χ3v) is 3.34. The molecule has 4 N–H and O–H groups in total. The summed E-state index contributed by atoms with van der Waals surface area (Å²) in [6.07, 6.45) is 4.64. The molecule has 0 bridgehead atoms. The molecule has 2 rings (SSSR count). The molecule has 0 unspecified atom stereocenters. The van der Waals surface area contributed by atoms with Crippen LogP contribution in [0.4, 0.5) is 11.5 Å². The van der Waals surface area contributed by atoms with Crippen molar-refractivity contribution in [2.45, 2.75) is 6.92 Å². The topological polar surface area (TPSA) is 92.9 Å². The van der Waals surface area contributed by atoms with Gasteiger partial charge in [-0.15, -0.1) is 0 Å². The fraction of sp³-hybridized carbons (Fsp3) is 0.0833. The zero-order chi connectivity index (χ0) is 13.8. The van der Waals surface area contributed by atoms with Crippen LogP contribution in [-0.4, -0.2) is 15.9 Å². The van der Waals surface area contributed by atoms with E-state index >= 15 is 0 Å². The highest BCUT2D eigenvalue weighted by molar-refractivity contribution is 9.10. The number of nitrogens with zero attached hydrogens (tertiary/aromatic N) is 2. The minimum absolute atomic E-state index is 0.301. The van der Waals surface area contributed by atoms with Crippen molar-refractivity contribution in [3.63, 3.8) is 0 Å². The van der Waals surface area contributed by atoms with Crippen molar-refractivity contribution >= 4 is 33.3 Å². The lowest BCUT2D eigenvalue weighted by Crippen LogP contribution is -2.18. The molecule has 0 fully saturated rings. The zero-order valence-corrected chi connectivity index (χ0v) is 11.7. The summed E-state index contributed by atoms with van der Waals surface area (Å²) in [6.45, 7) is 1.92. The van der Waals surface area contributed by atoms with Gasteiger partial charge in [-0.25, -0.2) is 4.98 Å². The molecular weight excluding hydrogens is 310 g/mol. The Labute approximate surface area is 118 Å². The van der Waals surface area contributed by atoms with Gasteiger partial charge in [-0.3, -0.25) is 15.6 Å². The number of carbonyl (C=O) groups excluding carboxylic acids is 1. The Balaban J connectivity index is 2.23. The van der Waals surface area contributed by atoms with Crippen LogP contribution in [0.25, 0.3) is 0 Å². The van der Waals surface area contributed by atoms with Crippen LogP contribution in [0.3, 0.4) is 0 Å². The number of carbonyl (C=O) groups is 1. The summed E-state index contributed by atoms with van der Waals surface area (Å²) in [4.78, 5) is 20.1. The van der Waals surface area contributed by atoms with Gasteiger partial charge in [0.15, 0.2) is 0 Å². The number of nitrogens with two attached hydrogens (primary N) is 1. The number of nitrogens with one attached hydrogen (secondary N) is 2. The lowest BCUT2D eigenvalue weighted by molar-refractivity contribution is 0.102. The number of halogens is 1. The van der Waals surface area contributed by atoms with Crippen LogP contribution in [0.5, 0.6) is 0 Å². The second-order valence-electron chi connectivity index (χ2n) is 3.84. The Kier molecular flexibility index (Phi) is 4.08. The molecule has 6 nitrogen and oxygen atoms in total. The number of aryl methyl sites for hydroxylation is 1. The van der Waals surface area contributed by atoms with E-state index in [-0.39, 0.29) is 5.91 Å². The molecule has 0 radical (unpaired) electrons. The highest BCUT2D eigenvalue weighted by atomic mass is 79.9. The standard InChI is InChI=1S/C12H12BrN5O/c1-7-4-11(16-5-9(7)13)17-12(19)8-2-3-15-6-10(8)18-14/h2-6,18H,14H2,1H3,(H,16,17,19). The number of aromatic nitrogens is 2. The van der Waals surface area contributed by atoms with Crippen LogP contribution in [-0.2, 0) is 0 Å².